The summed E-state index contributed by atoms with van der Waals surface area (Å²) in [4.78, 5) is 12.1. The molecule has 0 atom stereocenters. The highest BCUT2D eigenvalue weighted by Crippen LogP contribution is 2.48. The van der Waals surface area contributed by atoms with Crippen molar-refractivity contribution in [2.45, 2.75) is 13.3 Å². The van der Waals surface area contributed by atoms with Crippen LogP contribution in [0.1, 0.15) is 16.8 Å². The van der Waals surface area contributed by atoms with E-state index in [1.54, 1.807) is 11.3 Å². The second kappa shape index (κ2) is 12.4. The molecule has 54 heavy (non-hydrogen) atoms. The third kappa shape index (κ3) is 4.98. The van der Waals surface area contributed by atoms with E-state index in [9.17, 15) is 0 Å². The molecule has 0 spiro atoms. The summed E-state index contributed by atoms with van der Waals surface area (Å²) in [6, 6.07) is 59.4. The predicted octanol–water partition coefficient (Wildman–Crippen LogP) is 14.4. The van der Waals surface area contributed by atoms with Crippen molar-refractivity contribution in [1.82, 2.24) is 9.97 Å². The molecule has 11 aromatic rings. The van der Waals surface area contributed by atoms with E-state index in [0.717, 1.165) is 32.7 Å². The Bertz CT molecular complexity index is 3260. The number of nitrogens with zero attached hydrogens (tertiary/aromatic N) is 2. The van der Waals surface area contributed by atoms with Crippen LogP contribution >= 0.6 is 22.7 Å². The zero-order chi connectivity index (χ0) is 35.8. The van der Waals surface area contributed by atoms with E-state index >= 15 is 0 Å². The van der Waals surface area contributed by atoms with Crippen molar-refractivity contribution >= 4 is 84.8 Å². The van der Waals surface area contributed by atoms with Crippen LogP contribution in [-0.2, 0) is 6.42 Å². The largest absolute Gasteiger partial charge is 0.247 e. The summed E-state index contributed by atoms with van der Waals surface area (Å²) in [5, 5.41) is 8.88. The van der Waals surface area contributed by atoms with Crippen molar-refractivity contribution in [1.29, 1.82) is 0 Å². The summed E-state index contributed by atoms with van der Waals surface area (Å²) in [7, 11) is 0. The Morgan fingerprint density at radius 2 is 1.19 bits per heavy atom. The standard InChI is InChI=1S/C50H32N2S2/c1-30-14-5-8-21-36(30)45-37-22-9-10-23-38(37)46-40-27-33-17-6-7-18-34(33)28-44(40)53-49(46)41(45)29-42-47(35-20-13-19-32(26-35)31-15-3-2-4-16-31)52-50-48(51-42)39-24-11-12-25-43(39)54-50/h2-28H,29H2,1H3. The van der Waals surface area contributed by atoms with Gasteiger partial charge >= 0.3 is 0 Å². The number of rotatable bonds is 5. The van der Waals surface area contributed by atoms with Gasteiger partial charge in [-0.25, -0.2) is 9.97 Å². The van der Waals surface area contributed by atoms with E-state index in [0.29, 0.717) is 6.42 Å². The van der Waals surface area contributed by atoms with Crippen LogP contribution in [0.2, 0.25) is 0 Å². The molecule has 2 nitrogen and oxygen atoms in total. The number of fused-ring (bicyclic) bond motifs is 9. The molecule has 0 amide bonds. The molecule has 0 fully saturated rings. The van der Waals surface area contributed by atoms with Gasteiger partial charge in [0.1, 0.15) is 10.3 Å². The van der Waals surface area contributed by atoms with E-state index in [1.807, 2.05) is 11.3 Å². The lowest BCUT2D eigenvalue weighted by Crippen LogP contribution is -2.02. The molecule has 3 aromatic heterocycles. The van der Waals surface area contributed by atoms with Crippen LogP contribution < -0.4 is 0 Å². The van der Waals surface area contributed by atoms with Crippen LogP contribution in [0.5, 0.6) is 0 Å². The highest BCUT2D eigenvalue weighted by molar-refractivity contribution is 7.26. The Labute approximate surface area is 320 Å². The molecule has 0 radical (unpaired) electrons. The lowest BCUT2D eigenvalue weighted by molar-refractivity contribution is 1.09. The first-order valence-corrected chi connectivity index (χ1v) is 20.0. The number of aromatic nitrogens is 2. The summed E-state index contributed by atoms with van der Waals surface area (Å²) in [5.41, 5.74) is 11.5. The zero-order valence-electron chi connectivity index (χ0n) is 29.5. The fraction of sp³-hybridized carbons (Fsp3) is 0.0400. The monoisotopic (exact) mass is 724 g/mol. The average Bonchev–Trinajstić information content (AvgIpc) is 3.78. The van der Waals surface area contributed by atoms with Gasteiger partial charge < -0.3 is 0 Å². The molecular formula is C50H32N2S2. The predicted molar refractivity (Wildman–Crippen MR) is 233 cm³/mol. The molecule has 0 saturated carbocycles. The number of benzene rings is 8. The third-order valence-corrected chi connectivity index (χ3v) is 13.2. The molecule has 0 aliphatic carbocycles. The minimum Gasteiger partial charge on any atom is -0.247 e. The summed E-state index contributed by atoms with van der Waals surface area (Å²) in [6.07, 6.45) is 0.634. The van der Waals surface area contributed by atoms with Crippen molar-refractivity contribution in [2.75, 3.05) is 0 Å². The van der Waals surface area contributed by atoms with Crippen LogP contribution in [0.4, 0.5) is 0 Å². The molecule has 254 valence electrons. The number of hydrogen-bond acceptors (Lipinski definition) is 4. The van der Waals surface area contributed by atoms with Crippen LogP contribution in [0.3, 0.4) is 0 Å². The molecule has 0 bridgehead atoms. The molecule has 0 saturated heterocycles. The summed E-state index contributed by atoms with van der Waals surface area (Å²) < 4.78 is 3.83. The highest BCUT2D eigenvalue weighted by Gasteiger charge is 2.24. The summed E-state index contributed by atoms with van der Waals surface area (Å²) >= 11 is 3.64. The Kier molecular flexibility index (Phi) is 7.22. The lowest BCUT2D eigenvalue weighted by Gasteiger charge is -2.19. The van der Waals surface area contributed by atoms with Crippen molar-refractivity contribution < 1.29 is 0 Å². The van der Waals surface area contributed by atoms with Gasteiger partial charge in [0.05, 0.1) is 11.4 Å². The van der Waals surface area contributed by atoms with Crippen LogP contribution in [0, 0.1) is 6.92 Å². The van der Waals surface area contributed by atoms with Crippen molar-refractivity contribution in [3.8, 4) is 33.5 Å². The molecule has 4 heteroatoms. The first kappa shape index (κ1) is 31.3. The molecule has 0 N–H and O–H groups in total. The van der Waals surface area contributed by atoms with Gasteiger partial charge in [0.25, 0.3) is 0 Å². The van der Waals surface area contributed by atoms with Gasteiger partial charge in [-0.3, -0.25) is 0 Å². The Balaban J connectivity index is 1.25. The first-order chi connectivity index (χ1) is 26.7. The fourth-order valence-electron chi connectivity index (χ4n) is 8.34. The minimum atomic E-state index is 0.634. The van der Waals surface area contributed by atoms with Crippen molar-refractivity contribution in [2.24, 2.45) is 0 Å². The van der Waals surface area contributed by atoms with E-state index < -0.39 is 0 Å². The molecular weight excluding hydrogens is 693 g/mol. The maximum Gasteiger partial charge on any atom is 0.143 e. The van der Waals surface area contributed by atoms with E-state index in [1.165, 1.54) is 79.8 Å². The second-order valence-corrected chi connectivity index (χ2v) is 16.2. The molecule has 0 aliphatic rings. The molecule has 0 aliphatic heterocycles. The van der Waals surface area contributed by atoms with Crippen molar-refractivity contribution in [3.05, 3.63) is 181 Å². The molecule has 11 rings (SSSR count). The Hall–Kier alpha value is -6.20. The topological polar surface area (TPSA) is 25.8 Å². The molecule has 3 heterocycles. The minimum absolute atomic E-state index is 0.634. The van der Waals surface area contributed by atoms with Gasteiger partial charge in [0.15, 0.2) is 0 Å². The average molecular weight is 725 g/mol. The van der Waals surface area contributed by atoms with E-state index in [4.69, 9.17) is 9.97 Å². The van der Waals surface area contributed by atoms with Gasteiger partial charge in [-0.15, -0.1) is 22.7 Å². The maximum atomic E-state index is 5.63. The second-order valence-electron chi connectivity index (χ2n) is 14.1. The van der Waals surface area contributed by atoms with Crippen LogP contribution in [0.25, 0.3) is 95.7 Å². The van der Waals surface area contributed by atoms with Gasteiger partial charge in [-0.1, -0.05) is 140 Å². The van der Waals surface area contributed by atoms with Gasteiger partial charge in [0.2, 0.25) is 0 Å². The number of thiophene rings is 2. The first-order valence-electron chi connectivity index (χ1n) is 18.4. The smallest absolute Gasteiger partial charge is 0.143 e. The Morgan fingerprint density at radius 1 is 0.500 bits per heavy atom. The number of aryl methyl sites for hydroxylation is 1. The fourth-order valence-corrected chi connectivity index (χ4v) is 10.7. The third-order valence-electron chi connectivity index (χ3n) is 10.9. The Morgan fingerprint density at radius 3 is 2.04 bits per heavy atom. The quantitative estimate of drug-likeness (QED) is 0.177. The zero-order valence-corrected chi connectivity index (χ0v) is 31.1. The SMILES string of the molecule is Cc1ccccc1-c1c(Cc2nc3c(nc2-c2cccc(-c4ccccc4)c2)sc2ccccc23)c2sc3cc4ccccc4cc3c2c2ccccc12. The highest BCUT2D eigenvalue weighted by atomic mass is 32.1. The summed E-state index contributed by atoms with van der Waals surface area (Å²) in [6.45, 7) is 2.24. The number of hydrogen-bond donors (Lipinski definition) is 0. The lowest BCUT2D eigenvalue weighted by atomic mass is 9.86. The normalized spacial score (nSPS) is 11.9. The van der Waals surface area contributed by atoms with Crippen LogP contribution in [0.15, 0.2) is 164 Å². The summed E-state index contributed by atoms with van der Waals surface area (Å²) in [5.74, 6) is 0. The van der Waals surface area contributed by atoms with Gasteiger partial charge in [-0.05, 0) is 86.1 Å². The van der Waals surface area contributed by atoms with Gasteiger partial charge in [-0.2, -0.15) is 0 Å². The van der Waals surface area contributed by atoms with Crippen molar-refractivity contribution in [3.63, 3.8) is 0 Å². The van der Waals surface area contributed by atoms with Crippen LogP contribution in [-0.4, -0.2) is 9.97 Å². The molecule has 0 unspecified atom stereocenters. The molecule has 8 aromatic carbocycles. The van der Waals surface area contributed by atoms with Gasteiger partial charge in [0, 0.05) is 42.2 Å². The van der Waals surface area contributed by atoms with E-state index in [-0.39, 0.29) is 0 Å². The van der Waals surface area contributed by atoms with E-state index in [2.05, 4.69) is 171 Å². The maximum absolute atomic E-state index is 5.63.